The second-order valence-corrected chi connectivity index (χ2v) is 8.69. The molecule has 0 aromatic heterocycles. The molecule has 0 saturated heterocycles. The van der Waals surface area contributed by atoms with Crippen LogP contribution in [0.25, 0.3) is 0 Å². The Kier molecular flexibility index (Phi) is 3.97. The van der Waals surface area contributed by atoms with Crippen molar-refractivity contribution in [3.05, 3.63) is 29.3 Å². The van der Waals surface area contributed by atoms with Gasteiger partial charge in [-0.15, -0.1) is 0 Å². The third kappa shape index (κ3) is 3.24. The van der Waals surface area contributed by atoms with Gasteiger partial charge in [-0.25, -0.2) is 8.42 Å². The first-order valence-electron chi connectivity index (χ1n) is 7.67. The first-order valence-corrected chi connectivity index (χ1v) is 9.63. The summed E-state index contributed by atoms with van der Waals surface area (Å²) in [6.07, 6.45) is 6.56. The first kappa shape index (κ1) is 14.9. The van der Waals surface area contributed by atoms with E-state index in [-0.39, 0.29) is 17.4 Å². The molecule has 21 heavy (non-hydrogen) atoms. The van der Waals surface area contributed by atoms with Gasteiger partial charge in [0.15, 0.2) is 0 Å². The van der Waals surface area contributed by atoms with Crippen LogP contribution in [0.15, 0.2) is 18.2 Å². The number of nitrogens with two attached hydrogens (primary N) is 1. The Balaban J connectivity index is 1.69. The Bertz CT molecular complexity index is 626. The molecule has 2 aliphatic rings. The molecule has 0 aliphatic heterocycles. The van der Waals surface area contributed by atoms with Gasteiger partial charge < -0.3 is 10.5 Å². The van der Waals surface area contributed by atoms with Gasteiger partial charge in [-0.05, 0) is 55.4 Å². The van der Waals surface area contributed by atoms with Crippen molar-refractivity contribution in [3.8, 4) is 5.75 Å². The average molecular weight is 309 g/mol. The lowest BCUT2D eigenvalue weighted by Crippen LogP contribution is -2.33. The van der Waals surface area contributed by atoms with Gasteiger partial charge in [-0.1, -0.05) is 6.07 Å². The summed E-state index contributed by atoms with van der Waals surface area (Å²) in [4.78, 5) is 0. The molecule has 0 radical (unpaired) electrons. The molecule has 1 aromatic rings. The summed E-state index contributed by atoms with van der Waals surface area (Å²) in [5.74, 6) is 0.849. The molecule has 1 aromatic carbocycles. The fourth-order valence-corrected chi connectivity index (χ4v) is 4.65. The molecule has 3 rings (SSSR count). The quantitative estimate of drug-likeness (QED) is 0.930. The molecular weight excluding hydrogens is 286 g/mol. The fraction of sp³-hybridized carbons (Fsp3) is 0.625. The highest BCUT2D eigenvalue weighted by Gasteiger charge is 2.30. The second-order valence-electron chi connectivity index (χ2n) is 6.36. The predicted octanol–water partition coefficient (Wildman–Crippen LogP) is 2.37. The summed E-state index contributed by atoms with van der Waals surface area (Å²) in [5, 5.41) is -0.251. The molecule has 0 spiro atoms. The van der Waals surface area contributed by atoms with Crippen LogP contribution in [0.4, 0.5) is 0 Å². The molecule has 0 bridgehead atoms. The van der Waals surface area contributed by atoms with Crippen LogP contribution in [0.1, 0.15) is 49.3 Å². The highest BCUT2D eigenvalue weighted by Crippen LogP contribution is 2.33. The fourth-order valence-electron chi connectivity index (χ4n) is 3.49. The zero-order valence-electron chi connectivity index (χ0n) is 12.4. The van der Waals surface area contributed by atoms with Gasteiger partial charge in [0.1, 0.15) is 15.6 Å². The van der Waals surface area contributed by atoms with Crippen LogP contribution >= 0.6 is 0 Å². The predicted molar refractivity (Wildman–Crippen MR) is 83.2 cm³/mol. The number of benzene rings is 1. The van der Waals surface area contributed by atoms with E-state index in [0.29, 0.717) is 6.42 Å². The van der Waals surface area contributed by atoms with Crippen molar-refractivity contribution in [1.82, 2.24) is 0 Å². The summed E-state index contributed by atoms with van der Waals surface area (Å²) in [7, 11) is -2.96. The van der Waals surface area contributed by atoms with E-state index in [0.717, 1.165) is 37.9 Å². The minimum atomic E-state index is -2.96. The lowest BCUT2D eigenvalue weighted by atomic mass is 9.97. The summed E-state index contributed by atoms with van der Waals surface area (Å²) < 4.78 is 29.4. The lowest BCUT2D eigenvalue weighted by molar-refractivity contribution is 0.156. The minimum absolute atomic E-state index is 0.00611. The van der Waals surface area contributed by atoms with Crippen LogP contribution < -0.4 is 10.5 Å². The van der Waals surface area contributed by atoms with Crippen LogP contribution in [0, 0.1) is 0 Å². The standard InChI is InChI=1S/C16H23NO3S/c1-21(18,19)14-4-2-3-12(10-14)20-13-6-7-15-11(9-13)5-8-16(15)17/h6-7,9,12,14,16H,2-5,8,10,17H2,1H3/t12?,14?,16-/m0/s1. The molecule has 2 N–H and O–H groups in total. The summed E-state index contributed by atoms with van der Waals surface area (Å²) >= 11 is 0. The number of sulfone groups is 1. The van der Waals surface area contributed by atoms with Crippen molar-refractivity contribution in [1.29, 1.82) is 0 Å². The molecule has 116 valence electrons. The highest BCUT2D eigenvalue weighted by molar-refractivity contribution is 7.91. The Labute approximate surface area is 126 Å². The summed E-state index contributed by atoms with van der Waals surface area (Å²) in [6, 6.07) is 6.25. The Morgan fingerprint density at radius 3 is 2.81 bits per heavy atom. The maximum Gasteiger partial charge on any atom is 0.150 e. The molecule has 0 heterocycles. The first-order chi connectivity index (χ1) is 9.93. The molecule has 2 unspecified atom stereocenters. The molecule has 3 atom stereocenters. The second kappa shape index (κ2) is 5.61. The van der Waals surface area contributed by atoms with E-state index in [1.165, 1.54) is 17.4 Å². The molecule has 0 amide bonds. The van der Waals surface area contributed by atoms with Gasteiger partial charge in [0.05, 0.1) is 11.4 Å². The van der Waals surface area contributed by atoms with Crippen LogP contribution in [-0.4, -0.2) is 26.0 Å². The lowest BCUT2D eigenvalue weighted by Gasteiger charge is -2.28. The topological polar surface area (TPSA) is 69.4 Å². The third-order valence-corrected chi connectivity index (χ3v) is 6.36. The monoisotopic (exact) mass is 309 g/mol. The normalized spacial score (nSPS) is 29.1. The number of fused-ring (bicyclic) bond motifs is 1. The van der Waals surface area contributed by atoms with Crippen LogP contribution in [0.2, 0.25) is 0 Å². The van der Waals surface area contributed by atoms with Gasteiger partial charge in [-0.2, -0.15) is 0 Å². The average Bonchev–Trinajstić information content (AvgIpc) is 2.79. The molecular formula is C16H23NO3S. The van der Waals surface area contributed by atoms with Gasteiger partial charge in [0.2, 0.25) is 0 Å². The molecule has 1 fully saturated rings. The number of hydrogen-bond donors (Lipinski definition) is 1. The highest BCUT2D eigenvalue weighted by atomic mass is 32.2. The number of aryl methyl sites for hydroxylation is 1. The van der Waals surface area contributed by atoms with Crippen molar-refractivity contribution in [2.45, 2.75) is 55.9 Å². The van der Waals surface area contributed by atoms with Crippen molar-refractivity contribution >= 4 is 9.84 Å². The van der Waals surface area contributed by atoms with Gasteiger partial charge in [0.25, 0.3) is 0 Å². The largest absolute Gasteiger partial charge is 0.490 e. The molecule has 2 aliphatic carbocycles. The zero-order valence-corrected chi connectivity index (χ0v) is 13.2. The minimum Gasteiger partial charge on any atom is -0.490 e. The van der Waals surface area contributed by atoms with E-state index < -0.39 is 9.84 Å². The molecule has 4 nitrogen and oxygen atoms in total. The van der Waals surface area contributed by atoms with E-state index in [9.17, 15) is 8.42 Å². The summed E-state index contributed by atoms with van der Waals surface area (Å²) in [6.45, 7) is 0. The van der Waals surface area contributed by atoms with E-state index in [2.05, 4.69) is 12.1 Å². The third-order valence-electron chi connectivity index (χ3n) is 4.72. The Morgan fingerprint density at radius 2 is 2.05 bits per heavy atom. The van der Waals surface area contributed by atoms with Crippen molar-refractivity contribution in [2.75, 3.05) is 6.26 Å². The van der Waals surface area contributed by atoms with Gasteiger partial charge in [0, 0.05) is 18.7 Å². The number of hydrogen-bond acceptors (Lipinski definition) is 4. The maximum absolute atomic E-state index is 11.7. The van der Waals surface area contributed by atoms with E-state index >= 15 is 0 Å². The van der Waals surface area contributed by atoms with Crippen molar-refractivity contribution < 1.29 is 13.2 Å². The SMILES string of the molecule is CS(=O)(=O)C1CCCC(Oc2ccc3c(c2)CC[C@@H]3N)C1. The smallest absolute Gasteiger partial charge is 0.150 e. The van der Waals surface area contributed by atoms with E-state index in [4.69, 9.17) is 10.5 Å². The Hall–Kier alpha value is -1.07. The number of ether oxygens (including phenoxy) is 1. The summed E-state index contributed by atoms with van der Waals surface area (Å²) in [5.41, 5.74) is 8.54. The van der Waals surface area contributed by atoms with Crippen LogP contribution in [0.5, 0.6) is 5.75 Å². The van der Waals surface area contributed by atoms with E-state index in [1.807, 2.05) is 6.07 Å². The molecule has 5 heteroatoms. The maximum atomic E-state index is 11.7. The number of rotatable bonds is 3. The van der Waals surface area contributed by atoms with Crippen molar-refractivity contribution in [3.63, 3.8) is 0 Å². The Morgan fingerprint density at radius 1 is 1.24 bits per heavy atom. The zero-order chi connectivity index (χ0) is 15.0. The van der Waals surface area contributed by atoms with Crippen molar-refractivity contribution in [2.24, 2.45) is 5.73 Å². The van der Waals surface area contributed by atoms with Crippen LogP contribution in [0.3, 0.4) is 0 Å². The molecule has 1 saturated carbocycles. The van der Waals surface area contributed by atoms with E-state index in [1.54, 1.807) is 0 Å². The van der Waals surface area contributed by atoms with Gasteiger partial charge >= 0.3 is 0 Å². The van der Waals surface area contributed by atoms with Gasteiger partial charge in [-0.3, -0.25) is 0 Å². The van der Waals surface area contributed by atoms with Crippen LogP contribution in [-0.2, 0) is 16.3 Å².